The highest BCUT2D eigenvalue weighted by Crippen LogP contribution is 2.29. The van der Waals surface area contributed by atoms with Gasteiger partial charge in [-0.1, -0.05) is 0 Å². The van der Waals surface area contributed by atoms with E-state index in [9.17, 15) is 9.59 Å². The van der Waals surface area contributed by atoms with Crippen LogP contribution in [-0.2, 0) is 9.59 Å². The van der Waals surface area contributed by atoms with Crippen molar-refractivity contribution >= 4 is 11.9 Å². The lowest BCUT2D eigenvalue weighted by molar-refractivity contribution is -0.144. The van der Waals surface area contributed by atoms with Gasteiger partial charge >= 0.3 is 5.97 Å². The van der Waals surface area contributed by atoms with Gasteiger partial charge in [0.05, 0.1) is 0 Å². The molecule has 0 aromatic rings. The number of hydrogen-bond acceptors (Lipinski definition) is 4. The number of carbonyl (C=O) groups excluding carboxylic acids is 1. The van der Waals surface area contributed by atoms with Crippen LogP contribution in [0.15, 0.2) is 0 Å². The molecule has 1 saturated heterocycles. The number of piperazine rings is 1. The minimum atomic E-state index is -0.796. The fraction of sp³-hybridized carbons (Fsp3) is 0.867. The van der Waals surface area contributed by atoms with E-state index < -0.39 is 12.0 Å². The molecule has 1 amide bonds. The molecule has 21 heavy (non-hydrogen) atoms. The van der Waals surface area contributed by atoms with Crippen LogP contribution in [0.2, 0.25) is 0 Å². The molecule has 0 bridgehead atoms. The number of nitrogens with two attached hydrogens (primary N) is 1. The van der Waals surface area contributed by atoms with E-state index in [4.69, 9.17) is 10.8 Å². The number of rotatable bonds is 4. The first kappa shape index (κ1) is 16.2. The first-order valence-electron chi connectivity index (χ1n) is 7.98. The summed E-state index contributed by atoms with van der Waals surface area (Å²) in [6, 6.07) is -0.470. The average Bonchev–Trinajstić information content (AvgIpc) is 2.53. The Morgan fingerprint density at radius 3 is 2.19 bits per heavy atom. The normalized spacial score (nSPS) is 29.1. The molecule has 0 aromatic heterocycles. The van der Waals surface area contributed by atoms with E-state index in [1.54, 1.807) is 6.92 Å². The van der Waals surface area contributed by atoms with E-state index in [-0.39, 0.29) is 11.8 Å². The third-order valence-corrected chi connectivity index (χ3v) is 5.06. The molecule has 1 saturated carbocycles. The van der Waals surface area contributed by atoms with Crippen LogP contribution in [0.5, 0.6) is 0 Å². The van der Waals surface area contributed by atoms with E-state index in [2.05, 4.69) is 0 Å². The van der Waals surface area contributed by atoms with Crippen LogP contribution in [0.25, 0.3) is 0 Å². The quantitative estimate of drug-likeness (QED) is 0.783. The molecule has 120 valence electrons. The minimum Gasteiger partial charge on any atom is -0.480 e. The third-order valence-electron chi connectivity index (χ3n) is 5.06. The van der Waals surface area contributed by atoms with Gasteiger partial charge in [0.25, 0.3) is 0 Å². The summed E-state index contributed by atoms with van der Waals surface area (Å²) in [5, 5.41) is 9.03. The van der Waals surface area contributed by atoms with E-state index in [0.717, 1.165) is 32.2 Å². The fourth-order valence-corrected chi connectivity index (χ4v) is 3.39. The lowest BCUT2D eigenvalue weighted by Gasteiger charge is -2.39. The Labute approximate surface area is 126 Å². The molecular weight excluding hydrogens is 270 g/mol. The van der Waals surface area contributed by atoms with Crippen LogP contribution in [0, 0.1) is 11.8 Å². The second-order valence-corrected chi connectivity index (χ2v) is 6.33. The standard InChI is InChI=1S/C15H27N3O3/c1-11(15(20)21)17-6-8-18(9-7-17)14(19)13-4-2-12(10-16)3-5-13/h11-13H,2-10,16H2,1H3,(H,20,21). The molecular formula is C15H27N3O3. The predicted octanol–water partition coefficient (Wildman–Crippen LogP) is 0.369. The molecule has 0 radical (unpaired) electrons. The summed E-state index contributed by atoms with van der Waals surface area (Å²) < 4.78 is 0. The maximum absolute atomic E-state index is 12.5. The minimum absolute atomic E-state index is 0.149. The van der Waals surface area contributed by atoms with Gasteiger partial charge < -0.3 is 15.7 Å². The highest BCUT2D eigenvalue weighted by molar-refractivity contribution is 5.79. The van der Waals surface area contributed by atoms with Crippen molar-refractivity contribution in [2.45, 2.75) is 38.6 Å². The summed E-state index contributed by atoms with van der Waals surface area (Å²) in [5.74, 6) is 0.196. The monoisotopic (exact) mass is 297 g/mol. The van der Waals surface area contributed by atoms with Crippen LogP contribution < -0.4 is 5.73 Å². The zero-order valence-electron chi connectivity index (χ0n) is 12.8. The van der Waals surface area contributed by atoms with Crippen molar-refractivity contribution in [3.05, 3.63) is 0 Å². The molecule has 6 nitrogen and oxygen atoms in total. The molecule has 6 heteroatoms. The average molecular weight is 297 g/mol. The van der Waals surface area contributed by atoms with E-state index in [1.165, 1.54) is 0 Å². The van der Waals surface area contributed by atoms with Gasteiger partial charge in [-0.05, 0) is 45.1 Å². The molecule has 2 rings (SSSR count). The summed E-state index contributed by atoms with van der Waals surface area (Å²) >= 11 is 0. The maximum atomic E-state index is 12.5. The van der Waals surface area contributed by atoms with Gasteiger partial charge in [0.1, 0.15) is 6.04 Å². The molecule has 1 atom stereocenters. The van der Waals surface area contributed by atoms with Crippen LogP contribution in [0.1, 0.15) is 32.6 Å². The Hall–Kier alpha value is -1.14. The van der Waals surface area contributed by atoms with Crippen molar-refractivity contribution in [1.82, 2.24) is 9.80 Å². The molecule has 3 N–H and O–H groups in total. The first-order chi connectivity index (χ1) is 10.0. The maximum Gasteiger partial charge on any atom is 0.320 e. The zero-order valence-corrected chi connectivity index (χ0v) is 12.8. The SMILES string of the molecule is CC(C(=O)O)N1CCN(C(=O)C2CCC(CN)CC2)CC1. The zero-order chi connectivity index (χ0) is 15.4. The molecule has 2 aliphatic rings. The third kappa shape index (κ3) is 3.95. The van der Waals surface area contributed by atoms with Crippen LogP contribution in [0.4, 0.5) is 0 Å². The highest BCUT2D eigenvalue weighted by atomic mass is 16.4. The predicted molar refractivity (Wildman–Crippen MR) is 79.8 cm³/mol. The molecule has 2 fully saturated rings. The summed E-state index contributed by atoms with van der Waals surface area (Å²) in [6.07, 6.45) is 4.02. The number of nitrogens with zero attached hydrogens (tertiary/aromatic N) is 2. The van der Waals surface area contributed by atoms with Gasteiger partial charge in [0, 0.05) is 32.1 Å². The van der Waals surface area contributed by atoms with Gasteiger partial charge in [-0.3, -0.25) is 14.5 Å². The van der Waals surface area contributed by atoms with Crippen LogP contribution >= 0.6 is 0 Å². The number of aliphatic carboxylic acids is 1. The number of hydrogen-bond donors (Lipinski definition) is 2. The van der Waals surface area contributed by atoms with Crippen molar-refractivity contribution in [3.63, 3.8) is 0 Å². The fourth-order valence-electron chi connectivity index (χ4n) is 3.39. The Balaban J connectivity index is 1.79. The van der Waals surface area contributed by atoms with Crippen LogP contribution in [0.3, 0.4) is 0 Å². The topological polar surface area (TPSA) is 86.9 Å². The smallest absolute Gasteiger partial charge is 0.320 e. The van der Waals surface area contributed by atoms with E-state index >= 15 is 0 Å². The van der Waals surface area contributed by atoms with Crippen molar-refractivity contribution in [2.75, 3.05) is 32.7 Å². The van der Waals surface area contributed by atoms with Gasteiger partial charge in [0.15, 0.2) is 0 Å². The van der Waals surface area contributed by atoms with Gasteiger partial charge in [-0.25, -0.2) is 0 Å². The largest absolute Gasteiger partial charge is 0.480 e. The summed E-state index contributed by atoms with van der Waals surface area (Å²) in [7, 11) is 0. The second kappa shape index (κ2) is 7.22. The Morgan fingerprint density at radius 2 is 1.71 bits per heavy atom. The number of amides is 1. The lowest BCUT2D eigenvalue weighted by Crippen LogP contribution is -2.54. The van der Waals surface area contributed by atoms with Crippen LogP contribution in [-0.4, -0.2) is 65.5 Å². The van der Waals surface area contributed by atoms with Crippen molar-refractivity contribution in [3.8, 4) is 0 Å². The number of carbonyl (C=O) groups is 2. The Kier molecular flexibility index (Phi) is 5.58. The molecule has 0 aromatic carbocycles. The molecule has 1 heterocycles. The van der Waals surface area contributed by atoms with Gasteiger partial charge in [0.2, 0.25) is 5.91 Å². The van der Waals surface area contributed by atoms with Gasteiger partial charge in [-0.2, -0.15) is 0 Å². The first-order valence-corrected chi connectivity index (χ1v) is 7.98. The van der Waals surface area contributed by atoms with E-state index in [0.29, 0.717) is 32.1 Å². The molecule has 0 spiro atoms. The van der Waals surface area contributed by atoms with Crippen molar-refractivity contribution < 1.29 is 14.7 Å². The van der Waals surface area contributed by atoms with Gasteiger partial charge in [-0.15, -0.1) is 0 Å². The highest BCUT2D eigenvalue weighted by Gasteiger charge is 2.32. The van der Waals surface area contributed by atoms with E-state index in [1.807, 2.05) is 9.80 Å². The number of carboxylic acids is 1. The second-order valence-electron chi connectivity index (χ2n) is 6.33. The van der Waals surface area contributed by atoms with Crippen molar-refractivity contribution in [1.29, 1.82) is 0 Å². The number of carboxylic acid groups (broad SMARTS) is 1. The Morgan fingerprint density at radius 1 is 1.14 bits per heavy atom. The van der Waals surface area contributed by atoms with Crippen molar-refractivity contribution in [2.24, 2.45) is 17.6 Å². The summed E-state index contributed by atoms with van der Waals surface area (Å²) in [4.78, 5) is 27.3. The molecule has 1 aliphatic heterocycles. The Bertz CT molecular complexity index is 372. The molecule has 1 aliphatic carbocycles. The summed E-state index contributed by atoms with van der Waals surface area (Å²) in [6.45, 7) is 5.02. The molecule has 1 unspecified atom stereocenters. The lowest BCUT2D eigenvalue weighted by atomic mass is 9.81. The summed E-state index contributed by atoms with van der Waals surface area (Å²) in [5.41, 5.74) is 5.69.